The summed E-state index contributed by atoms with van der Waals surface area (Å²) in [7, 11) is 0. The van der Waals surface area contributed by atoms with Crippen molar-refractivity contribution in [1.82, 2.24) is 0 Å². The zero-order valence-corrected chi connectivity index (χ0v) is 21.5. The van der Waals surface area contributed by atoms with Crippen molar-refractivity contribution in [3.05, 3.63) is 77.9 Å². The number of nitrogens with zero attached hydrogens (tertiary/aromatic N) is 1. The number of hydrogen-bond donors (Lipinski definition) is 1. The van der Waals surface area contributed by atoms with Gasteiger partial charge < -0.3 is 10.1 Å². The molecular formula is C31H34F2N2O2. The van der Waals surface area contributed by atoms with Crippen molar-refractivity contribution in [1.29, 1.82) is 0 Å². The summed E-state index contributed by atoms with van der Waals surface area (Å²) >= 11 is 0. The number of amides is 2. The molecule has 6 heteroatoms. The van der Waals surface area contributed by atoms with Crippen LogP contribution in [-0.2, 0) is 0 Å². The monoisotopic (exact) mass is 504 g/mol. The maximum absolute atomic E-state index is 13.6. The molecule has 0 saturated heterocycles. The molecule has 1 fully saturated rings. The zero-order valence-electron chi connectivity index (χ0n) is 21.5. The van der Waals surface area contributed by atoms with Crippen molar-refractivity contribution in [2.75, 3.05) is 16.8 Å². The van der Waals surface area contributed by atoms with E-state index in [0.717, 1.165) is 35.6 Å². The number of benzene rings is 3. The van der Waals surface area contributed by atoms with Crippen LogP contribution in [0.15, 0.2) is 60.7 Å². The standard InChI is InChI=1S/C31H34F2N2O2/c1-3-20-5-7-21(8-6-20)22-9-11-23(12-10-22)24-13-16-29-30(17-24)37-26(4-2)19-35(29)31(36)34-25-14-15-27(32)28(33)18-25/h9-18,20-21,26H,3-8,19H2,1-2H3,(H,34,36). The van der Waals surface area contributed by atoms with E-state index < -0.39 is 17.7 Å². The fraction of sp³-hybridized carbons (Fsp3) is 0.387. The topological polar surface area (TPSA) is 41.6 Å². The van der Waals surface area contributed by atoms with Gasteiger partial charge in [0.25, 0.3) is 0 Å². The molecule has 2 amide bonds. The van der Waals surface area contributed by atoms with Gasteiger partial charge in [0, 0.05) is 11.8 Å². The van der Waals surface area contributed by atoms with Gasteiger partial charge in [-0.2, -0.15) is 0 Å². The number of carbonyl (C=O) groups excluding carboxylic acids is 1. The molecule has 194 valence electrons. The van der Waals surface area contributed by atoms with Gasteiger partial charge in [-0.05, 0) is 84.9 Å². The van der Waals surface area contributed by atoms with Crippen LogP contribution in [0.3, 0.4) is 0 Å². The Balaban J connectivity index is 1.34. The van der Waals surface area contributed by atoms with Gasteiger partial charge in [-0.25, -0.2) is 13.6 Å². The lowest BCUT2D eigenvalue weighted by atomic mass is 9.77. The van der Waals surface area contributed by atoms with Crippen LogP contribution in [0, 0.1) is 17.6 Å². The lowest BCUT2D eigenvalue weighted by Gasteiger charge is -2.35. The van der Waals surface area contributed by atoms with Crippen LogP contribution in [-0.4, -0.2) is 18.7 Å². The van der Waals surface area contributed by atoms with E-state index in [9.17, 15) is 13.6 Å². The predicted octanol–water partition coefficient (Wildman–Crippen LogP) is 8.53. The number of fused-ring (bicyclic) bond motifs is 1. The molecule has 1 aliphatic carbocycles. The number of rotatable bonds is 5. The molecule has 37 heavy (non-hydrogen) atoms. The molecule has 0 aromatic heterocycles. The van der Waals surface area contributed by atoms with Crippen LogP contribution in [0.1, 0.15) is 63.9 Å². The predicted molar refractivity (Wildman–Crippen MR) is 144 cm³/mol. The van der Waals surface area contributed by atoms with Gasteiger partial charge in [0.2, 0.25) is 0 Å². The molecule has 1 atom stereocenters. The van der Waals surface area contributed by atoms with Crippen molar-refractivity contribution in [2.45, 2.75) is 64.4 Å². The Hall–Kier alpha value is -3.41. The van der Waals surface area contributed by atoms with Crippen molar-refractivity contribution in [3.63, 3.8) is 0 Å². The van der Waals surface area contributed by atoms with Crippen LogP contribution in [0.4, 0.5) is 25.0 Å². The van der Waals surface area contributed by atoms with Gasteiger partial charge in [-0.1, -0.05) is 50.6 Å². The van der Waals surface area contributed by atoms with E-state index in [0.29, 0.717) is 23.9 Å². The minimum Gasteiger partial charge on any atom is -0.486 e. The molecule has 1 aliphatic heterocycles. The van der Waals surface area contributed by atoms with Crippen LogP contribution < -0.4 is 15.0 Å². The third-order valence-electron chi connectivity index (χ3n) is 7.94. The first-order valence-corrected chi connectivity index (χ1v) is 13.4. The molecular weight excluding hydrogens is 470 g/mol. The summed E-state index contributed by atoms with van der Waals surface area (Å²) in [5, 5.41) is 2.68. The number of nitrogens with one attached hydrogen (secondary N) is 1. The van der Waals surface area contributed by atoms with E-state index in [1.54, 1.807) is 4.90 Å². The van der Waals surface area contributed by atoms with Crippen LogP contribution in [0.5, 0.6) is 5.75 Å². The lowest BCUT2D eigenvalue weighted by molar-refractivity contribution is 0.188. The highest BCUT2D eigenvalue weighted by Gasteiger charge is 2.30. The molecule has 3 aromatic rings. The maximum atomic E-state index is 13.6. The molecule has 1 heterocycles. The smallest absolute Gasteiger partial charge is 0.326 e. The first-order valence-electron chi connectivity index (χ1n) is 13.4. The first kappa shape index (κ1) is 25.2. The van der Waals surface area contributed by atoms with E-state index in [1.807, 2.05) is 25.1 Å². The van der Waals surface area contributed by atoms with E-state index in [4.69, 9.17) is 4.74 Å². The van der Waals surface area contributed by atoms with Crippen molar-refractivity contribution < 1.29 is 18.3 Å². The Morgan fingerprint density at radius 1 is 0.892 bits per heavy atom. The molecule has 1 saturated carbocycles. The molecule has 0 bridgehead atoms. The summed E-state index contributed by atoms with van der Waals surface area (Å²) in [6.07, 6.45) is 7.03. The molecule has 1 unspecified atom stereocenters. The molecule has 2 aliphatic rings. The Bertz CT molecular complexity index is 1250. The summed E-state index contributed by atoms with van der Waals surface area (Å²) in [4.78, 5) is 14.7. The number of carbonyl (C=O) groups is 1. The average Bonchev–Trinajstić information content (AvgIpc) is 2.94. The van der Waals surface area contributed by atoms with E-state index in [1.165, 1.54) is 43.7 Å². The van der Waals surface area contributed by atoms with Gasteiger partial charge in [-0.15, -0.1) is 0 Å². The SMILES string of the molecule is CCC1CCC(c2ccc(-c3ccc4c(c3)OC(CC)CN4C(=O)Nc3ccc(F)c(F)c3)cc2)CC1. The highest BCUT2D eigenvalue weighted by Crippen LogP contribution is 2.40. The van der Waals surface area contributed by atoms with Crippen molar-refractivity contribution >= 4 is 17.4 Å². The largest absolute Gasteiger partial charge is 0.486 e. The highest BCUT2D eigenvalue weighted by atomic mass is 19.2. The molecule has 3 aromatic carbocycles. The quantitative estimate of drug-likeness (QED) is 0.378. The van der Waals surface area contributed by atoms with Gasteiger partial charge in [0.15, 0.2) is 11.6 Å². The van der Waals surface area contributed by atoms with Crippen molar-refractivity contribution in [3.8, 4) is 16.9 Å². The van der Waals surface area contributed by atoms with Gasteiger partial charge >= 0.3 is 6.03 Å². The van der Waals surface area contributed by atoms with Gasteiger partial charge in [0.1, 0.15) is 11.9 Å². The van der Waals surface area contributed by atoms with E-state index >= 15 is 0 Å². The number of hydrogen-bond acceptors (Lipinski definition) is 2. The summed E-state index contributed by atoms with van der Waals surface area (Å²) < 4.78 is 33.1. The molecule has 0 spiro atoms. The van der Waals surface area contributed by atoms with Gasteiger partial charge in [-0.3, -0.25) is 4.90 Å². The molecule has 0 radical (unpaired) electrons. The summed E-state index contributed by atoms with van der Waals surface area (Å²) in [6, 6.07) is 17.6. The molecule has 1 N–H and O–H groups in total. The third kappa shape index (κ3) is 5.48. The fourth-order valence-corrected chi connectivity index (χ4v) is 5.55. The highest BCUT2D eigenvalue weighted by molar-refractivity contribution is 6.03. The Labute approximate surface area is 217 Å². The third-order valence-corrected chi connectivity index (χ3v) is 7.94. The lowest BCUT2D eigenvalue weighted by Crippen LogP contribution is -2.45. The first-order chi connectivity index (χ1) is 17.9. The van der Waals surface area contributed by atoms with Gasteiger partial charge in [0.05, 0.1) is 12.2 Å². The number of ether oxygens (including phenoxy) is 1. The second kappa shape index (κ2) is 10.9. The summed E-state index contributed by atoms with van der Waals surface area (Å²) in [5.41, 5.74) is 4.40. The van der Waals surface area contributed by atoms with Crippen LogP contribution in [0.2, 0.25) is 0 Å². The molecule has 4 nitrogen and oxygen atoms in total. The van der Waals surface area contributed by atoms with Crippen LogP contribution in [0.25, 0.3) is 11.1 Å². The number of halogens is 2. The zero-order chi connectivity index (χ0) is 25.9. The number of urea groups is 1. The number of anilines is 2. The Morgan fingerprint density at radius 3 is 2.30 bits per heavy atom. The fourth-order valence-electron chi connectivity index (χ4n) is 5.55. The van der Waals surface area contributed by atoms with E-state index in [-0.39, 0.29) is 11.8 Å². The van der Waals surface area contributed by atoms with Crippen molar-refractivity contribution in [2.24, 2.45) is 5.92 Å². The molecule has 5 rings (SSSR count). The van der Waals surface area contributed by atoms with E-state index in [2.05, 4.69) is 36.5 Å². The maximum Gasteiger partial charge on any atom is 0.326 e. The second-order valence-corrected chi connectivity index (χ2v) is 10.2. The average molecular weight is 505 g/mol. The second-order valence-electron chi connectivity index (χ2n) is 10.2. The summed E-state index contributed by atoms with van der Waals surface area (Å²) in [5.74, 6) is 0.214. The minimum absolute atomic E-state index is 0.168. The summed E-state index contributed by atoms with van der Waals surface area (Å²) in [6.45, 7) is 4.67. The minimum atomic E-state index is -1.00. The van der Waals surface area contributed by atoms with Crippen LogP contribution >= 0.6 is 0 Å². The Kier molecular flexibility index (Phi) is 7.45. The normalized spacial score (nSPS) is 21.2. The Morgan fingerprint density at radius 2 is 1.62 bits per heavy atom.